The van der Waals surface area contributed by atoms with E-state index in [0.717, 1.165) is 54.1 Å². The maximum atomic E-state index is 13.0. The van der Waals surface area contributed by atoms with Crippen molar-refractivity contribution in [3.63, 3.8) is 0 Å². The minimum Gasteiger partial charge on any atom is -0.465 e. The van der Waals surface area contributed by atoms with Gasteiger partial charge in [-0.3, -0.25) is 4.79 Å². The van der Waals surface area contributed by atoms with Crippen molar-refractivity contribution in [3.8, 4) is 22.9 Å². The van der Waals surface area contributed by atoms with Gasteiger partial charge in [-0.15, -0.1) is 0 Å². The van der Waals surface area contributed by atoms with Crippen LogP contribution in [0.25, 0.3) is 22.0 Å². The number of likely N-dealkylation sites (tertiary alicyclic amines) is 1. The number of nitrogens with zero attached hydrogens (tertiary/aromatic N) is 4. The number of carboxylic acid groups (broad SMARTS) is 1. The molecule has 10 heteroatoms. The fraction of sp³-hybridized carbons (Fsp3) is 0.364. The lowest BCUT2D eigenvalue weighted by molar-refractivity contribution is -0.119. The number of aromatic nitrogens is 3. The van der Waals surface area contributed by atoms with Crippen LogP contribution in [-0.2, 0) is 4.79 Å². The highest BCUT2D eigenvalue weighted by Gasteiger charge is 2.28. The number of rotatable bonds is 7. The van der Waals surface area contributed by atoms with Gasteiger partial charge in [-0.05, 0) is 74.8 Å². The second-order valence-electron chi connectivity index (χ2n) is 11.7. The van der Waals surface area contributed by atoms with E-state index >= 15 is 0 Å². The molecule has 1 saturated carbocycles. The molecule has 0 radical (unpaired) electrons. The standard InChI is InChI=1S/C33H36N6O4/c1-20-10-12-22(18-20)30(40)37-27-9-3-7-25-24(27)13-11-21(2)29(25)43-31-26(8-4-15-34-31)28-14-16-35-32(38-28)36-23-6-5-17-39(19-23)33(41)42/h3-4,7-9,11,13-16,20,22-23H,5-6,10,12,17-19H2,1-2H3,(H,37,40)(H,41,42)(H,35,36,38)/t20?,22?,23-/m0/s1. The largest absolute Gasteiger partial charge is 0.465 e. The molecule has 3 atom stereocenters. The first-order chi connectivity index (χ1) is 20.9. The summed E-state index contributed by atoms with van der Waals surface area (Å²) in [7, 11) is 0. The molecule has 1 saturated heterocycles. The minimum absolute atomic E-state index is 0.0453. The van der Waals surface area contributed by atoms with Gasteiger partial charge < -0.3 is 25.4 Å². The fourth-order valence-corrected chi connectivity index (χ4v) is 6.16. The van der Waals surface area contributed by atoms with E-state index in [0.29, 0.717) is 47.8 Å². The predicted molar refractivity (Wildman–Crippen MR) is 165 cm³/mol. The third kappa shape index (κ3) is 6.23. The monoisotopic (exact) mass is 580 g/mol. The molecule has 2 unspecified atom stereocenters. The van der Waals surface area contributed by atoms with Gasteiger partial charge >= 0.3 is 6.09 Å². The number of pyridine rings is 1. The molecule has 3 N–H and O–H groups in total. The van der Waals surface area contributed by atoms with Crippen molar-refractivity contribution in [1.29, 1.82) is 0 Å². The van der Waals surface area contributed by atoms with E-state index in [1.54, 1.807) is 18.5 Å². The van der Waals surface area contributed by atoms with Gasteiger partial charge in [0.1, 0.15) is 5.75 Å². The van der Waals surface area contributed by atoms with Crippen molar-refractivity contribution < 1.29 is 19.4 Å². The van der Waals surface area contributed by atoms with Crippen LogP contribution in [0.5, 0.6) is 11.6 Å². The number of carbonyl (C=O) groups excluding carboxylic acids is 1. The SMILES string of the molecule is Cc1ccc2c(NC(=O)C3CCC(C)C3)cccc2c1Oc1ncccc1-c1ccnc(N[C@H]2CCCN(C(=O)O)C2)n1. The van der Waals surface area contributed by atoms with Crippen molar-refractivity contribution in [2.24, 2.45) is 11.8 Å². The molecule has 2 aliphatic rings. The van der Waals surface area contributed by atoms with E-state index in [-0.39, 0.29) is 17.9 Å². The Balaban J connectivity index is 1.27. The van der Waals surface area contributed by atoms with E-state index in [4.69, 9.17) is 9.72 Å². The Kier molecular flexibility index (Phi) is 8.09. The van der Waals surface area contributed by atoms with Gasteiger partial charge in [-0.25, -0.2) is 19.7 Å². The summed E-state index contributed by atoms with van der Waals surface area (Å²) in [4.78, 5) is 39.6. The highest BCUT2D eigenvalue weighted by Crippen LogP contribution is 2.39. The van der Waals surface area contributed by atoms with Crippen molar-refractivity contribution in [2.45, 2.75) is 52.0 Å². The molecule has 2 aromatic carbocycles. The lowest BCUT2D eigenvalue weighted by Gasteiger charge is -2.31. The highest BCUT2D eigenvalue weighted by atomic mass is 16.5. The first-order valence-corrected chi connectivity index (χ1v) is 14.9. The predicted octanol–water partition coefficient (Wildman–Crippen LogP) is 6.72. The van der Waals surface area contributed by atoms with Crippen molar-refractivity contribution >= 4 is 34.4 Å². The molecule has 3 heterocycles. The van der Waals surface area contributed by atoms with Gasteiger partial charge in [-0.1, -0.05) is 31.2 Å². The fourth-order valence-electron chi connectivity index (χ4n) is 6.16. The van der Waals surface area contributed by atoms with Crippen molar-refractivity contribution in [2.75, 3.05) is 23.7 Å². The molecular formula is C33H36N6O4. The zero-order valence-electron chi connectivity index (χ0n) is 24.4. The van der Waals surface area contributed by atoms with Gasteiger partial charge in [-0.2, -0.15) is 0 Å². The number of fused-ring (bicyclic) bond motifs is 1. The number of aryl methyl sites for hydroxylation is 1. The molecule has 2 fully saturated rings. The number of hydrogen-bond acceptors (Lipinski definition) is 7. The third-order valence-electron chi connectivity index (χ3n) is 8.46. The number of anilines is 2. The molecule has 10 nitrogen and oxygen atoms in total. The lowest BCUT2D eigenvalue weighted by atomic mass is 10.0. The number of benzene rings is 2. The second kappa shape index (κ2) is 12.2. The van der Waals surface area contributed by atoms with Gasteiger partial charge in [0.2, 0.25) is 17.7 Å². The molecule has 6 rings (SSSR count). The number of carbonyl (C=O) groups is 2. The average molecular weight is 581 g/mol. The Hall–Kier alpha value is -4.73. The highest BCUT2D eigenvalue weighted by molar-refractivity contribution is 6.05. The number of ether oxygens (including phenoxy) is 1. The Morgan fingerprint density at radius 1 is 1.00 bits per heavy atom. The Morgan fingerprint density at radius 2 is 1.88 bits per heavy atom. The summed E-state index contributed by atoms with van der Waals surface area (Å²) in [6.07, 6.45) is 6.98. The lowest BCUT2D eigenvalue weighted by Crippen LogP contribution is -2.44. The molecule has 1 aliphatic heterocycles. The van der Waals surface area contributed by atoms with Crippen molar-refractivity contribution in [3.05, 3.63) is 66.5 Å². The molecule has 4 aromatic rings. The zero-order chi connectivity index (χ0) is 29.9. The van der Waals surface area contributed by atoms with E-state index in [1.165, 1.54) is 4.90 Å². The third-order valence-corrected chi connectivity index (χ3v) is 8.46. The summed E-state index contributed by atoms with van der Waals surface area (Å²) >= 11 is 0. The molecular weight excluding hydrogens is 544 g/mol. The average Bonchev–Trinajstić information content (AvgIpc) is 3.45. The molecule has 2 amide bonds. The number of hydrogen-bond donors (Lipinski definition) is 3. The van der Waals surface area contributed by atoms with Crippen LogP contribution < -0.4 is 15.4 Å². The van der Waals surface area contributed by atoms with Gasteiger partial charge in [0.25, 0.3) is 0 Å². The molecule has 0 bridgehead atoms. The topological polar surface area (TPSA) is 130 Å². The Morgan fingerprint density at radius 3 is 2.70 bits per heavy atom. The summed E-state index contributed by atoms with van der Waals surface area (Å²) in [5, 5.41) is 17.6. The van der Waals surface area contributed by atoms with Crippen LogP contribution in [0.4, 0.5) is 16.4 Å². The Labute approximate surface area is 250 Å². The number of piperidine rings is 1. The summed E-state index contributed by atoms with van der Waals surface area (Å²) in [6, 6.07) is 15.3. The maximum Gasteiger partial charge on any atom is 0.407 e. The number of nitrogens with one attached hydrogen (secondary N) is 2. The first kappa shape index (κ1) is 28.4. The van der Waals surface area contributed by atoms with E-state index < -0.39 is 6.09 Å². The molecule has 1 aliphatic carbocycles. The Bertz CT molecular complexity index is 1660. The zero-order valence-corrected chi connectivity index (χ0v) is 24.4. The van der Waals surface area contributed by atoms with Gasteiger partial charge in [0.05, 0.1) is 11.3 Å². The smallest absolute Gasteiger partial charge is 0.407 e. The van der Waals surface area contributed by atoms with Crippen LogP contribution in [0.1, 0.15) is 44.6 Å². The van der Waals surface area contributed by atoms with E-state index in [2.05, 4.69) is 27.5 Å². The second-order valence-corrected chi connectivity index (χ2v) is 11.7. The van der Waals surface area contributed by atoms with Crippen LogP contribution in [0.2, 0.25) is 0 Å². The van der Waals surface area contributed by atoms with Crippen LogP contribution >= 0.6 is 0 Å². The summed E-state index contributed by atoms with van der Waals surface area (Å²) in [5.41, 5.74) is 3.02. The van der Waals surface area contributed by atoms with Gasteiger partial charge in [0, 0.05) is 53.9 Å². The van der Waals surface area contributed by atoms with E-state index in [9.17, 15) is 14.7 Å². The van der Waals surface area contributed by atoms with Crippen LogP contribution in [0.3, 0.4) is 0 Å². The molecule has 43 heavy (non-hydrogen) atoms. The van der Waals surface area contributed by atoms with Crippen molar-refractivity contribution in [1.82, 2.24) is 19.9 Å². The summed E-state index contributed by atoms with van der Waals surface area (Å²) < 4.78 is 6.54. The maximum absolute atomic E-state index is 13.0. The summed E-state index contributed by atoms with van der Waals surface area (Å²) in [5.74, 6) is 2.17. The van der Waals surface area contributed by atoms with Gasteiger partial charge in [0.15, 0.2) is 0 Å². The summed E-state index contributed by atoms with van der Waals surface area (Å²) in [6.45, 7) is 5.10. The quantitative estimate of drug-likeness (QED) is 0.220. The normalized spacial score (nSPS) is 20.1. The van der Waals surface area contributed by atoms with E-state index in [1.807, 2.05) is 49.4 Å². The first-order valence-electron chi connectivity index (χ1n) is 14.9. The van der Waals surface area contributed by atoms with Crippen LogP contribution in [0, 0.1) is 18.8 Å². The van der Waals surface area contributed by atoms with Crippen LogP contribution in [-0.4, -0.2) is 56.1 Å². The van der Waals surface area contributed by atoms with Crippen LogP contribution in [0.15, 0.2) is 60.9 Å². The molecule has 222 valence electrons. The number of amides is 2. The molecule has 2 aromatic heterocycles. The molecule has 0 spiro atoms. The minimum atomic E-state index is -0.917.